The number of para-hydroxylation sites is 1. The van der Waals surface area contributed by atoms with Gasteiger partial charge in [0.05, 0.1) is 4.92 Å². The lowest BCUT2D eigenvalue weighted by molar-refractivity contribution is -0.383. The summed E-state index contributed by atoms with van der Waals surface area (Å²) < 4.78 is 0. The van der Waals surface area contributed by atoms with E-state index in [2.05, 4.69) is 31.0 Å². The number of rotatable bonds is 5. The molecule has 2 unspecified atom stereocenters. The Morgan fingerprint density at radius 2 is 2.19 bits per heavy atom. The Morgan fingerprint density at radius 3 is 2.86 bits per heavy atom. The SMILES string of the molecule is CCCNc1cccc(N2CCCC(C)C2C)c1[N+](=O)[O-]. The number of nitrogens with one attached hydrogen (secondary N) is 1. The number of nitro groups is 1. The molecule has 2 rings (SSSR count). The molecule has 1 aromatic rings. The number of benzene rings is 1. The maximum Gasteiger partial charge on any atom is 0.315 e. The van der Waals surface area contributed by atoms with E-state index in [0.717, 1.165) is 31.6 Å². The zero-order valence-electron chi connectivity index (χ0n) is 13.1. The van der Waals surface area contributed by atoms with E-state index in [4.69, 9.17) is 0 Å². The van der Waals surface area contributed by atoms with E-state index in [1.165, 1.54) is 6.42 Å². The first kappa shape index (κ1) is 15.6. The van der Waals surface area contributed by atoms with Crippen molar-refractivity contribution in [2.45, 2.75) is 46.1 Å². The van der Waals surface area contributed by atoms with Crippen molar-refractivity contribution in [1.82, 2.24) is 0 Å². The van der Waals surface area contributed by atoms with Gasteiger partial charge in [0.15, 0.2) is 0 Å². The van der Waals surface area contributed by atoms with Crippen molar-refractivity contribution in [3.05, 3.63) is 28.3 Å². The summed E-state index contributed by atoms with van der Waals surface area (Å²) in [5.74, 6) is 0.561. The van der Waals surface area contributed by atoms with Crippen LogP contribution in [0.3, 0.4) is 0 Å². The fourth-order valence-electron chi connectivity index (χ4n) is 3.03. The average molecular weight is 291 g/mol. The fourth-order valence-corrected chi connectivity index (χ4v) is 3.03. The molecule has 21 heavy (non-hydrogen) atoms. The van der Waals surface area contributed by atoms with Gasteiger partial charge < -0.3 is 10.2 Å². The Balaban J connectivity index is 2.40. The van der Waals surface area contributed by atoms with Crippen LogP contribution in [0.4, 0.5) is 17.1 Å². The Hall–Kier alpha value is -1.78. The lowest BCUT2D eigenvalue weighted by atomic mass is 9.91. The highest BCUT2D eigenvalue weighted by molar-refractivity contribution is 5.77. The third-order valence-electron chi connectivity index (χ3n) is 4.45. The number of anilines is 2. The molecule has 1 aliphatic rings. The Bertz CT molecular complexity index is 504. The van der Waals surface area contributed by atoms with Crippen LogP contribution < -0.4 is 10.2 Å². The van der Waals surface area contributed by atoms with Crippen LogP contribution in [0.25, 0.3) is 0 Å². The molecule has 1 fully saturated rings. The molecule has 1 saturated heterocycles. The maximum absolute atomic E-state index is 11.6. The van der Waals surface area contributed by atoms with Crippen LogP contribution in [0.1, 0.15) is 40.0 Å². The molecule has 5 nitrogen and oxygen atoms in total. The van der Waals surface area contributed by atoms with Crippen molar-refractivity contribution in [2.75, 3.05) is 23.3 Å². The second-order valence-electron chi connectivity index (χ2n) is 5.91. The average Bonchev–Trinajstić information content (AvgIpc) is 2.47. The summed E-state index contributed by atoms with van der Waals surface area (Å²) in [4.78, 5) is 13.5. The zero-order chi connectivity index (χ0) is 15.4. The van der Waals surface area contributed by atoms with E-state index in [1.54, 1.807) is 6.07 Å². The van der Waals surface area contributed by atoms with E-state index in [-0.39, 0.29) is 10.6 Å². The second-order valence-corrected chi connectivity index (χ2v) is 5.91. The highest BCUT2D eigenvalue weighted by Crippen LogP contribution is 2.39. The molecule has 116 valence electrons. The van der Waals surface area contributed by atoms with Gasteiger partial charge in [-0.25, -0.2) is 0 Å². The molecule has 1 aromatic carbocycles. The summed E-state index contributed by atoms with van der Waals surface area (Å²) >= 11 is 0. The van der Waals surface area contributed by atoms with Crippen molar-refractivity contribution in [3.63, 3.8) is 0 Å². The first-order valence-corrected chi connectivity index (χ1v) is 7.84. The summed E-state index contributed by atoms with van der Waals surface area (Å²) in [6.07, 6.45) is 3.23. The quantitative estimate of drug-likeness (QED) is 0.657. The monoisotopic (exact) mass is 291 g/mol. The predicted molar refractivity (Wildman–Crippen MR) is 87.1 cm³/mol. The Morgan fingerprint density at radius 1 is 1.43 bits per heavy atom. The van der Waals surface area contributed by atoms with Gasteiger partial charge in [0.25, 0.3) is 0 Å². The van der Waals surface area contributed by atoms with E-state index in [9.17, 15) is 10.1 Å². The van der Waals surface area contributed by atoms with Crippen LogP contribution in [-0.4, -0.2) is 24.1 Å². The van der Waals surface area contributed by atoms with Gasteiger partial charge in [-0.1, -0.05) is 19.9 Å². The van der Waals surface area contributed by atoms with Crippen molar-refractivity contribution >= 4 is 17.1 Å². The van der Waals surface area contributed by atoms with Crippen LogP contribution in [0.15, 0.2) is 18.2 Å². The molecule has 0 bridgehead atoms. The fraction of sp³-hybridized carbons (Fsp3) is 0.625. The summed E-state index contributed by atoms with van der Waals surface area (Å²) in [5.41, 5.74) is 1.59. The van der Waals surface area contributed by atoms with Gasteiger partial charge in [0.1, 0.15) is 11.4 Å². The molecular weight excluding hydrogens is 266 g/mol. The van der Waals surface area contributed by atoms with Crippen LogP contribution in [0.5, 0.6) is 0 Å². The van der Waals surface area contributed by atoms with Gasteiger partial charge in [-0.3, -0.25) is 10.1 Å². The molecule has 0 spiro atoms. The van der Waals surface area contributed by atoms with E-state index < -0.39 is 0 Å². The van der Waals surface area contributed by atoms with Crippen molar-refractivity contribution in [2.24, 2.45) is 5.92 Å². The van der Waals surface area contributed by atoms with E-state index in [0.29, 0.717) is 17.6 Å². The molecule has 1 heterocycles. The molecule has 0 amide bonds. The Labute approximate surface area is 126 Å². The smallest absolute Gasteiger partial charge is 0.315 e. The van der Waals surface area contributed by atoms with E-state index in [1.807, 2.05) is 12.1 Å². The molecule has 5 heteroatoms. The first-order valence-electron chi connectivity index (χ1n) is 7.84. The van der Waals surface area contributed by atoms with Gasteiger partial charge in [-0.15, -0.1) is 0 Å². The minimum atomic E-state index is -0.251. The van der Waals surface area contributed by atoms with Gasteiger partial charge in [-0.05, 0) is 44.2 Å². The lowest BCUT2D eigenvalue weighted by Crippen LogP contribution is -2.42. The number of nitro benzene ring substituents is 1. The van der Waals surface area contributed by atoms with Crippen LogP contribution in [-0.2, 0) is 0 Å². The summed E-state index contributed by atoms with van der Waals surface area (Å²) in [6.45, 7) is 8.08. The third-order valence-corrected chi connectivity index (χ3v) is 4.45. The highest BCUT2D eigenvalue weighted by atomic mass is 16.6. The third kappa shape index (κ3) is 3.28. The normalized spacial score (nSPS) is 22.1. The molecule has 1 aliphatic heterocycles. The standard InChI is InChI=1S/C16H25N3O2/c1-4-10-17-14-8-5-9-15(16(14)19(20)21)18-11-6-7-12(2)13(18)3/h5,8-9,12-13,17H,4,6-7,10-11H2,1-3H3. The highest BCUT2D eigenvalue weighted by Gasteiger charge is 2.30. The van der Waals surface area contributed by atoms with Gasteiger partial charge >= 0.3 is 5.69 Å². The molecule has 1 N–H and O–H groups in total. The predicted octanol–water partition coefficient (Wildman–Crippen LogP) is 4.04. The van der Waals surface area contributed by atoms with Crippen LogP contribution in [0, 0.1) is 16.0 Å². The summed E-state index contributed by atoms with van der Waals surface area (Å²) in [6, 6.07) is 5.92. The van der Waals surface area contributed by atoms with Crippen LogP contribution in [0.2, 0.25) is 0 Å². The second kappa shape index (κ2) is 6.78. The number of piperidine rings is 1. The first-order chi connectivity index (χ1) is 10.1. The Kier molecular flexibility index (Phi) is 5.04. The number of nitrogens with zero attached hydrogens (tertiary/aromatic N) is 2. The van der Waals surface area contributed by atoms with Crippen molar-refractivity contribution < 1.29 is 4.92 Å². The van der Waals surface area contributed by atoms with Crippen molar-refractivity contribution in [1.29, 1.82) is 0 Å². The number of hydrogen-bond donors (Lipinski definition) is 1. The maximum atomic E-state index is 11.6. The molecule has 0 radical (unpaired) electrons. The summed E-state index contributed by atoms with van der Waals surface area (Å²) in [5, 5.41) is 14.8. The molecule has 2 atom stereocenters. The molecular formula is C16H25N3O2. The minimum absolute atomic E-state index is 0.215. The van der Waals surface area contributed by atoms with Gasteiger partial charge in [-0.2, -0.15) is 0 Å². The van der Waals surface area contributed by atoms with Crippen molar-refractivity contribution in [3.8, 4) is 0 Å². The number of hydrogen-bond acceptors (Lipinski definition) is 4. The summed E-state index contributed by atoms with van der Waals surface area (Å²) in [7, 11) is 0. The van der Waals surface area contributed by atoms with Gasteiger partial charge in [0, 0.05) is 19.1 Å². The molecule has 0 aliphatic carbocycles. The lowest BCUT2D eigenvalue weighted by Gasteiger charge is -2.39. The molecule has 0 saturated carbocycles. The largest absolute Gasteiger partial charge is 0.379 e. The topological polar surface area (TPSA) is 58.4 Å². The zero-order valence-corrected chi connectivity index (χ0v) is 13.1. The molecule has 0 aromatic heterocycles. The van der Waals surface area contributed by atoms with Crippen LogP contribution >= 0.6 is 0 Å². The minimum Gasteiger partial charge on any atom is -0.379 e. The van der Waals surface area contributed by atoms with Gasteiger partial charge in [0.2, 0.25) is 0 Å². The van der Waals surface area contributed by atoms with E-state index >= 15 is 0 Å².